The SMILES string of the molecule is O=C1C(=O)N(Cc2cccnc2)[C@@H](c2ccc(O)cc2)C1=C(O)c1ccc(OCc2ccccc2)cc1. The molecule has 0 radical (unpaired) electrons. The van der Waals surface area contributed by atoms with Gasteiger partial charge in [-0.2, -0.15) is 0 Å². The van der Waals surface area contributed by atoms with E-state index < -0.39 is 17.7 Å². The van der Waals surface area contributed by atoms with Gasteiger partial charge in [0.2, 0.25) is 0 Å². The second-order valence-electron chi connectivity index (χ2n) is 8.68. The average molecular weight is 493 g/mol. The highest BCUT2D eigenvalue weighted by Crippen LogP contribution is 2.40. The number of aromatic hydroxyl groups is 1. The molecule has 1 saturated heterocycles. The summed E-state index contributed by atoms with van der Waals surface area (Å²) >= 11 is 0. The second kappa shape index (κ2) is 10.4. The van der Waals surface area contributed by atoms with Gasteiger partial charge in [0.25, 0.3) is 11.7 Å². The fourth-order valence-corrected chi connectivity index (χ4v) is 4.34. The van der Waals surface area contributed by atoms with Crippen molar-refractivity contribution in [3.05, 3.63) is 131 Å². The number of likely N-dealkylation sites (tertiary alicyclic amines) is 1. The lowest BCUT2D eigenvalue weighted by atomic mass is 9.95. The maximum absolute atomic E-state index is 13.2. The van der Waals surface area contributed by atoms with Gasteiger partial charge in [-0.3, -0.25) is 14.6 Å². The van der Waals surface area contributed by atoms with Gasteiger partial charge in [0, 0.05) is 24.5 Å². The highest BCUT2D eigenvalue weighted by molar-refractivity contribution is 6.46. The number of phenols is 1. The van der Waals surface area contributed by atoms with Gasteiger partial charge in [-0.25, -0.2) is 0 Å². The molecule has 2 heterocycles. The number of benzene rings is 3. The van der Waals surface area contributed by atoms with Crippen molar-refractivity contribution in [3.63, 3.8) is 0 Å². The number of phenolic OH excluding ortho intramolecular Hbond substituents is 1. The molecule has 0 bridgehead atoms. The zero-order valence-electron chi connectivity index (χ0n) is 19.8. The topological polar surface area (TPSA) is 100.0 Å². The normalized spacial score (nSPS) is 16.6. The minimum atomic E-state index is -0.838. The van der Waals surface area contributed by atoms with Crippen LogP contribution in [0.3, 0.4) is 0 Å². The van der Waals surface area contributed by atoms with Gasteiger partial charge in [-0.1, -0.05) is 48.5 Å². The minimum absolute atomic E-state index is 0.0162. The molecule has 0 spiro atoms. The van der Waals surface area contributed by atoms with Crippen molar-refractivity contribution in [1.29, 1.82) is 0 Å². The van der Waals surface area contributed by atoms with Crippen LogP contribution in [-0.4, -0.2) is 31.8 Å². The highest BCUT2D eigenvalue weighted by Gasteiger charge is 2.46. The Morgan fingerprint density at radius 1 is 0.865 bits per heavy atom. The van der Waals surface area contributed by atoms with E-state index in [1.165, 1.54) is 17.0 Å². The zero-order chi connectivity index (χ0) is 25.8. The minimum Gasteiger partial charge on any atom is -0.508 e. The summed E-state index contributed by atoms with van der Waals surface area (Å²) in [6.07, 6.45) is 3.25. The van der Waals surface area contributed by atoms with Crippen molar-refractivity contribution in [2.75, 3.05) is 0 Å². The Bertz CT molecular complexity index is 1430. The first kappa shape index (κ1) is 23.8. The Hall–Kier alpha value is -4.91. The number of rotatable bonds is 7. The standard InChI is InChI=1S/C30H24N2O5/c33-24-12-8-22(9-13-24)27-26(29(35)30(36)32(27)18-21-7-4-16-31-17-21)28(34)23-10-14-25(15-11-23)37-19-20-5-2-1-3-6-20/h1-17,27,33-34H,18-19H2/t27-/m0/s1. The molecule has 1 fully saturated rings. The predicted octanol–water partition coefficient (Wildman–Crippen LogP) is 4.99. The molecular formula is C30H24N2O5. The van der Waals surface area contributed by atoms with E-state index in [9.17, 15) is 19.8 Å². The van der Waals surface area contributed by atoms with Gasteiger partial charge >= 0.3 is 0 Å². The summed E-state index contributed by atoms with van der Waals surface area (Å²) < 4.78 is 5.82. The highest BCUT2D eigenvalue weighted by atomic mass is 16.5. The van der Waals surface area contributed by atoms with Crippen LogP contribution in [0.2, 0.25) is 0 Å². The van der Waals surface area contributed by atoms with Crippen LogP contribution < -0.4 is 4.74 Å². The molecular weight excluding hydrogens is 468 g/mol. The number of hydrogen-bond donors (Lipinski definition) is 2. The maximum Gasteiger partial charge on any atom is 0.295 e. The van der Waals surface area contributed by atoms with Crippen LogP contribution in [0.4, 0.5) is 0 Å². The van der Waals surface area contributed by atoms with Crippen LogP contribution in [0, 0.1) is 0 Å². The molecule has 184 valence electrons. The van der Waals surface area contributed by atoms with Gasteiger partial charge in [-0.05, 0) is 59.2 Å². The first-order valence-electron chi connectivity index (χ1n) is 11.7. The van der Waals surface area contributed by atoms with Crippen LogP contribution in [0.25, 0.3) is 5.76 Å². The molecule has 3 aromatic carbocycles. The molecule has 4 aromatic rings. The zero-order valence-corrected chi connectivity index (χ0v) is 19.8. The number of Topliss-reactive ketones (excluding diaryl/α,β-unsaturated/α-hetero) is 1. The quantitative estimate of drug-likeness (QED) is 0.214. The summed E-state index contributed by atoms with van der Waals surface area (Å²) in [6.45, 7) is 0.527. The van der Waals surface area contributed by atoms with E-state index in [-0.39, 0.29) is 23.6 Å². The van der Waals surface area contributed by atoms with Crippen LogP contribution in [0.1, 0.15) is 28.3 Å². The molecule has 1 aromatic heterocycles. The van der Waals surface area contributed by atoms with Crippen LogP contribution in [0.5, 0.6) is 11.5 Å². The number of aliphatic hydroxyl groups excluding tert-OH is 1. The van der Waals surface area contributed by atoms with Crippen molar-refractivity contribution in [2.45, 2.75) is 19.2 Å². The Morgan fingerprint density at radius 2 is 1.57 bits per heavy atom. The first-order valence-corrected chi connectivity index (χ1v) is 11.7. The van der Waals surface area contributed by atoms with Crippen molar-refractivity contribution in [3.8, 4) is 11.5 Å². The van der Waals surface area contributed by atoms with Crippen molar-refractivity contribution in [1.82, 2.24) is 9.88 Å². The number of pyridine rings is 1. The Labute approximate surface area is 213 Å². The fraction of sp³-hybridized carbons (Fsp3) is 0.100. The van der Waals surface area contributed by atoms with Gasteiger partial charge in [0.1, 0.15) is 23.9 Å². The molecule has 1 aliphatic rings. The number of hydrogen-bond acceptors (Lipinski definition) is 6. The van der Waals surface area contributed by atoms with Crippen molar-refractivity contribution in [2.24, 2.45) is 0 Å². The van der Waals surface area contributed by atoms with E-state index in [4.69, 9.17) is 4.74 Å². The molecule has 0 saturated carbocycles. The van der Waals surface area contributed by atoms with Gasteiger partial charge < -0.3 is 19.8 Å². The predicted molar refractivity (Wildman–Crippen MR) is 137 cm³/mol. The lowest BCUT2D eigenvalue weighted by molar-refractivity contribution is -0.140. The lowest BCUT2D eigenvalue weighted by Gasteiger charge is -2.25. The number of aliphatic hydroxyl groups is 1. The third-order valence-electron chi connectivity index (χ3n) is 6.20. The van der Waals surface area contributed by atoms with E-state index >= 15 is 0 Å². The summed E-state index contributed by atoms with van der Waals surface area (Å²) in [5, 5.41) is 21.0. The molecule has 1 aliphatic heterocycles. The maximum atomic E-state index is 13.2. The number of aromatic nitrogens is 1. The lowest BCUT2D eigenvalue weighted by Crippen LogP contribution is -2.29. The van der Waals surface area contributed by atoms with Crippen LogP contribution in [0.15, 0.2) is 109 Å². The van der Waals surface area contributed by atoms with E-state index in [2.05, 4.69) is 4.98 Å². The van der Waals surface area contributed by atoms with Gasteiger partial charge in [0.05, 0.1) is 11.6 Å². The molecule has 5 rings (SSSR count). The third-order valence-corrected chi connectivity index (χ3v) is 6.20. The van der Waals surface area contributed by atoms with Gasteiger partial charge in [0.15, 0.2) is 0 Å². The summed E-state index contributed by atoms with van der Waals surface area (Å²) in [7, 11) is 0. The first-order chi connectivity index (χ1) is 18.0. The van der Waals surface area contributed by atoms with E-state index in [1.807, 2.05) is 36.4 Å². The number of carbonyl (C=O) groups excluding carboxylic acids is 2. The summed E-state index contributed by atoms with van der Waals surface area (Å²) in [6, 6.07) is 25.4. The molecule has 7 nitrogen and oxygen atoms in total. The van der Waals surface area contributed by atoms with Crippen molar-refractivity contribution < 1.29 is 24.5 Å². The molecule has 37 heavy (non-hydrogen) atoms. The molecule has 0 unspecified atom stereocenters. The molecule has 1 amide bonds. The summed E-state index contributed by atoms with van der Waals surface area (Å²) in [4.78, 5) is 31.8. The largest absolute Gasteiger partial charge is 0.508 e. The van der Waals surface area contributed by atoms with Crippen molar-refractivity contribution >= 4 is 17.4 Å². The third kappa shape index (κ3) is 5.06. The van der Waals surface area contributed by atoms with E-state index in [0.717, 1.165) is 11.1 Å². The molecule has 7 heteroatoms. The molecule has 2 N–H and O–H groups in total. The Balaban J connectivity index is 1.48. The average Bonchev–Trinajstić information content (AvgIpc) is 3.18. The fourth-order valence-electron chi connectivity index (χ4n) is 4.34. The molecule has 0 aliphatic carbocycles. The van der Waals surface area contributed by atoms with E-state index in [0.29, 0.717) is 23.5 Å². The Morgan fingerprint density at radius 3 is 2.24 bits per heavy atom. The van der Waals surface area contributed by atoms with Crippen LogP contribution >= 0.6 is 0 Å². The number of ketones is 1. The van der Waals surface area contributed by atoms with E-state index in [1.54, 1.807) is 54.9 Å². The second-order valence-corrected chi connectivity index (χ2v) is 8.68. The molecule has 1 atom stereocenters. The smallest absolute Gasteiger partial charge is 0.295 e. The van der Waals surface area contributed by atoms with Crippen LogP contribution in [-0.2, 0) is 22.7 Å². The number of nitrogens with zero attached hydrogens (tertiary/aromatic N) is 2. The van der Waals surface area contributed by atoms with Gasteiger partial charge in [-0.15, -0.1) is 0 Å². The number of amides is 1. The number of ether oxygens (including phenoxy) is 1. The monoisotopic (exact) mass is 492 g/mol. The number of carbonyl (C=O) groups is 2. The summed E-state index contributed by atoms with van der Waals surface area (Å²) in [5.74, 6) is -1.11. The summed E-state index contributed by atoms with van der Waals surface area (Å²) in [5.41, 5.74) is 2.73. The Kier molecular flexibility index (Phi) is 6.68.